The summed E-state index contributed by atoms with van der Waals surface area (Å²) in [4.78, 5) is 20.7. The van der Waals surface area contributed by atoms with Crippen molar-refractivity contribution in [3.05, 3.63) is 64.1 Å². The van der Waals surface area contributed by atoms with Gasteiger partial charge < -0.3 is 21.2 Å². The highest BCUT2D eigenvalue weighted by Crippen LogP contribution is 2.24. The number of hydrogen-bond acceptors (Lipinski definition) is 3. The maximum Gasteiger partial charge on any atom is 0.281 e. The van der Waals surface area contributed by atoms with Crippen LogP contribution in [0.15, 0.2) is 35.5 Å². The summed E-state index contributed by atoms with van der Waals surface area (Å²) in [5, 5.41) is 3.46. The summed E-state index contributed by atoms with van der Waals surface area (Å²) in [6.45, 7) is 8.79. The molecule has 0 bridgehead atoms. The highest BCUT2D eigenvalue weighted by molar-refractivity contribution is 6.02. The third-order valence-corrected chi connectivity index (χ3v) is 5.02. The molecule has 0 aliphatic carbocycles. The monoisotopic (exact) mass is 378 g/mol. The number of aromatic nitrogens is 2. The van der Waals surface area contributed by atoms with Gasteiger partial charge in [-0.3, -0.25) is 4.79 Å². The van der Waals surface area contributed by atoms with Gasteiger partial charge >= 0.3 is 0 Å². The lowest BCUT2D eigenvalue weighted by Crippen LogP contribution is -2.24. The van der Waals surface area contributed by atoms with Crippen LogP contribution in [0.2, 0.25) is 0 Å². The van der Waals surface area contributed by atoms with Crippen LogP contribution in [-0.2, 0) is 13.0 Å². The van der Waals surface area contributed by atoms with Crippen molar-refractivity contribution in [1.82, 2.24) is 9.38 Å². The molecular weight excluding hydrogens is 352 g/mol. The number of aliphatic imine (C=N–C) groups is 1. The SMILES string of the molecule is CCc1cccc(C)c1CNc1cc(C(=O)N=C(N)N)cn2c(C)c(C)nc12. The highest BCUT2D eigenvalue weighted by atomic mass is 16.1. The number of aryl methyl sites for hydroxylation is 4. The van der Waals surface area contributed by atoms with Gasteiger partial charge in [-0.1, -0.05) is 25.1 Å². The van der Waals surface area contributed by atoms with Crippen LogP contribution in [0.25, 0.3) is 5.65 Å². The van der Waals surface area contributed by atoms with Gasteiger partial charge in [-0.05, 0) is 49.9 Å². The van der Waals surface area contributed by atoms with Crippen LogP contribution in [0.1, 0.15) is 45.4 Å². The van der Waals surface area contributed by atoms with Crippen molar-refractivity contribution in [3.63, 3.8) is 0 Å². The maximum atomic E-state index is 12.4. The van der Waals surface area contributed by atoms with Gasteiger partial charge in [0.25, 0.3) is 5.91 Å². The molecule has 0 aliphatic heterocycles. The van der Waals surface area contributed by atoms with Crippen molar-refractivity contribution in [2.75, 3.05) is 5.32 Å². The van der Waals surface area contributed by atoms with E-state index < -0.39 is 5.91 Å². The molecule has 0 aliphatic rings. The smallest absolute Gasteiger partial charge is 0.281 e. The summed E-state index contributed by atoms with van der Waals surface area (Å²) in [7, 11) is 0. The summed E-state index contributed by atoms with van der Waals surface area (Å²) in [6, 6.07) is 8.07. The Bertz CT molecular complexity index is 1080. The van der Waals surface area contributed by atoms with E-state index in [1.165, 1.54) is 16.7 Å². The molecule has 1 aromatic carbocycles. The van der Waals surface area contributed by atoms with Gasteiger partial charge in [-0.15, -0.1) is 0 Å². The normalized spacial score (nSPS) is 10.9. The van der Waals surface area contributed by atoms with E-state index in [9.17, 15) is 4.79 Å². The van der Waals surface area contributed by atoms with Gasteiger partial charge in [-0.2, -0.15) is 4.99 Å². The number of hydrogen-bond donors (Lipinski definition) is 3. The summed E-state index contributed by atoms with van der Waals surface area (Å²) in [5.41, 5.74) is 18.3. The molecule has 0 saturated heterocycles. The van der Waals surface area contributed by atoms with Crippen LogP contribution in [0.4, 0.5) is 5.69 Å². The standard InChI is InChI=1S/C21H26N6O/c1-5-15-8-6-7-12(2)17(15)10-24-18-9-16(20(28)26-21(22)23)11-27-14(4)13(3)25-19(18)27/h6-9,11,24H,5,10H2,1-4H3,(H4,22,23,26,28). The Morgan fingerprint density at radius 3 is 2.68 bits per heavy atom. The van der Waals surface area contributed by atoms with Crippen LogP contribution in [0.3, 0.4) is 0 Å². The Kier molecular flexibility index (Phi) is 5.35. The lowest BCUT2D eigenvalue weighted by molar-refractivity contribution is 0.100. The lowest BCUT2D eigenvalue weighted by Gasteiger charge is -2.14. The van der Waals surface area contributed by atoms with E-state index in [4.69, 9.17) is 11.5 Å². The Morgan fingerprint density at radius 2 is 2.00 bits per heavy atom. The number of anilines is 1. The zero-order valence-electron chi connectivity index (χ0n) is 16.7. The number of nitrogens with two attached hydrogens (primary N) is 2. The molecule has 3 aromatic rings. The first kappa shape index (κ1) is 19.4. The van der Waals surface area contributed by atoms with Crippen LogP contribution in [0.5, 0.6) is 0 Å². The van der Waals surface area contributed by atoms with Gasteiger partial charge in [0.2, 0.25) is 0 Å². The summed E-state index contributed by atoms with van der Waals surface area (Å²) >= 11 is 0. The van der Waals surface area contributed by atoms with Crippen molar-refractivity contribution in [2.45, 2.75) is 40.7 Å². The molecule has 3 rings (SSSR count). The van der Waals surface area contributed by atoms with Crippen LogP contribution >= 0.6 is 0 Å². The van der Waals surface area contributed by atoms with Crippen LogP contribution < -0.4 is 16.8 Å². The molecule has 0 saturated carbocycles. The topological polar surface area (TPSA) is 111 Å². The van der Waals surface area contributed by atoms with E-state index in [2.05, 4.69) is 47.3 Å². The van der Waals surface area contributed by atoms with Gasteiger partial charge in [0.15, 0.2) is 11.6 Å². The van der Waals surface area contributed by atoms with Crippen molar-refractivity contribution in [2.24, 2.45) is 16.5 Å². The fourth-order valence-corrected chi connectivity index (χ4v) is 3.33. The Labute approximate surface area is 164 Å². The number of fused-ring (bicyclic) bond motifs is 1. The molecule has 1 amide bonds. The molecule has 0 fully saturated rings. The first-order valence-corrected chi connectivity index (χ1v) is 9.26. The molecule has 0 atom stereocenters. The molecule has 0 spiro atoms. The number of imidazole rings is 1. The predicted octanol–water partition coefficient (Wildman–Crippen LogP) is 2.85. The highest BCUT2D eigenvalue weighted by Gasteiger charge is 2.15. The van der Waals surface area contributed by atoms with E-state index in [-0.39, 0.29) is 5.96 Å². The molecule has 28 heavy (non-hydrogen) atoms. The molecule has 0 radical (unpaired) electrons. The predicted molar refractivity (Wildman–Crippen MR) is 113 cm³/mol. The largest absolute Gasteiger partial charge is 0.378 e. The zero-order valence-corrected chi connectivity index (χ0v) is 16.7. The number of benzene rings is 1. The minimum absolute atomic E-state index is 0.259. The minimum atomic E-state index is -0.485. The number of rotatable bonds is 5. The first-order chi connectivity index (χ1) is 13.3. The van der Waals surface area contributed by atoms with Gasteiger partial charge in [0.1, 0.15) is 0 Å². The fraction of sp³-hybridized carbons (Fsp3) is 0.286. The number of nitrogens with one attached hydrogen (secondary N) is 1. The average molecular weight is 378 g/mol. The number of nitrogens with zero attached hydrogens (tertiary/aromatic N) is 3. The minimum Gasteiger partial charge on any atom is -0.378 e. The van der Waals surface area contributed by atoms with Crippen molar-refractivity contribution >= 4 is 23.2 Å². The maximum absolute atomic E-state index is 12.4. The van der Waals surface area contributed by atoms with Crippen molar-refractivity contribution < 1.29 is 4.79 Å². The molecular formula is C21H26N6O. The number of carbonyl (C=O) groups is 1. The molecule has 7 heteroatoms. The Morgan fingerprint density at radius 1 is 1.25 bits per heavy atom. The molecule has 2 heterocycles. The van der Waals surface area contributed by atoms with Gasteiger partial charge in [0, 0.05) is 18.4 Å². The summed E-state index contributed by atoms with van der Waals surface area (Å²) < 4.78 is 1.89. The summed E-state index contributed by atoms with van der Waals surface area (Å²) in [5.74, 6) is -0.744. The van der Waals surface area contributed by atoms with Gasteiger partial charge in [0.05, 0.1) is 16.9 Å². The van der Waals surface area contributed by atoms with E-state index in [1.807, 2.05) is 18.2 Å². The van der Waals surface area contributed by atoms with E-state index in [1.54, 1.807) is 12.3 Å². The second-order valence-electron chi connectivity index (χ2n) is 6.88. The zero-order chi connectivity index (χ0) is 20.4. The van der Waals surface area contributed by atoms with Crippen molar-refractivity contribution in [3.8, 4) is 0 Å². The molecule has 7 nitrogen and oxygen atoms in total. The first-order valence-electron chi connectivity index (χ1n) is 9.26. The Balaban J connectivity index is 2.06. The van der Waals surface area contributed by atoms with E-state index in [0.717, 1.165) is 29.1 Å². The van der Waals surface area contributed by atoms with Crippen LogP contribution in [0, 0.1) is 20.8 Å². The number of guanidine groups is 1. The third-order valence-electron chi connectivity index (χ3n) is 5.02. The quantitative estimate of drug-likeness (QED) is 0.467. The van der Waals surface area contributed by atoms with E-state index >= 15 is 0 Å². The average Bonchev–Trinajstić information content (AvgIpc) is 2.94. The number of carbonyl (C=O) groups excluding carboxylic acids is 1. The molecule has 146 valence electrons. The Hall–Kier alpha value is -3.35. The van der Waals surface area contributed by atoms with Gasteiger partial charge in [-0.25, -0.2) is 4.98 Å². The second-order valence-corrected chi connectivity index (χ2v) is 6.88. The molecule has 0 unspecified atom stereocenters. The molecule has 5 N–H and O–H groups in total. The lowest BCUT2D eigenvalue weighted by atomic mass is 10.00. The molecule has 2 aromatic heterocycles. The fourth-order valence-electron chi connectivity index (χ4n) is 3.33. The summed E-state index contributed by atoms with van der Waals surface area (Å²) in [6.07, 6.45) is 2.68. The number of amides is 1. The van der Waals surface area contributed by atoms with Crippen molar-refractivity contribution in [1.29, 1.82) is 0 Å². The third kappa shape index (κ3) is 3.69. The van der Waals surface area contributed by atoms with Crippen LogP contribution in [-0.4, -0.2) is 21.3 Å². The second kappa shape index (κ2) is 7.72. The number of pyridine rings is 1. The van der Waals surface area contributed by atoms with E-state index in [0.29, 0.717) is 12.1 Å².